The highest BCUT2D eigenvalue weighted by Gasteiger charge is 2.39. The summed E-state index contributed by atoms with van der Waals surface area (Å²) in [4.78, 5) is 0. The maximum absolute atomic E-state index is 5.68. The van der Waals surface area contributed by atoms with Crippen molar-refractivity contribution < 1.29 is 9.47 Å². The van der Waals surface area contributed by atoms with Crippen LogP contribution in [0.4, 0.5) is 0 Å². The summed E-state index contributed by atoms with van der Waals surface area (Å²) in [6.45, 7) is 6.59. The first kappa shape index (κ1) is 21.6. The average molecular weight is 371 g/mol. The summed E-state index contributed by atoms with van der Waals surface area (Å²) in [5.74, 6) is 0. The Bertz CT molecular complexity index is 285. The zero-order valence-electron chi connectivity index (χ0n) is 16.8. The first-order valence-electron chi connectivity index (χ1n) is 11.2. The molecule has 3 heteroatoms. The van der Waals surface area contributed by atoms with E-state index >= 15 is 0 Å². The highest BCUT2D eigenvalue weighted by molar-refractivity contribution is 8.00. The van der Waals surface area contributed by atoms with Crippen molar-refractivity contribution in [1.82, 2.24) is 0 Å². The molecule has 0 radical (unpaired) electrons. The molecule has 2 aliphatic heterocycles. The smallest absolute Gasteiger partial charge is 0.0928 e. The van der Waals surface area contributed by atoms with E-state index in [4.69, 9.17) is 9.47 Å². The van der Waals surface area contributed by atoms with Crippen LogP contribution >= 0.6 is 11.8 Å². The molecule has 0 aromatic rings. The number of thioether (sulfide) groups is 1. The molecule has 2 aliphatic rings. The molecule has 0 aromatic heterocycles. The molecule has 2 nitrogen and oxygen atoms in total. The van der Waals surface area contributed by atoms with E-state index in [9.17, 15) is 0 Å². The SMILES string of the molecule is CCCCCCCCC(SC(CCCCCCCC)C1CO1)C1CO1. The van der Waals surface area contributed by atoms with Gasteiger partial charge in [-0.3, -0.25) is 0 Å². The number of rotatable bonds is 18. The lowest BCUT2D eigenvalue weighted by Crippen LogP contribution is -2.20. The molecular formula is C22H42O2S. The van der Waals surface area contributed by atoms with Crippen molar-refractivity contribution >= 4 is 11.8 Å². The van der Waals surface area contributed by atoms with Gasteiger partial charge in [0.15, 0.2) is 0 Å². The standard InChI is InChI=1S/C22H42O2S/c1-3-5-7-9-11-13-15-21(19-17-23-19)25-22(20-18-24-20)16-14-12-10-8-6-4-2/h19-22H,3-18H2,1-2H3. The first-order chi connectivity index (χ1) is 12.3. The summed E-state index contributed by atoms with van der Waals surface area (Å²) in [5, 5.41) is 1.45. The van der Waals surface area contributed by atoms with Crippen molar-refractivity contribution in [2.24, 2.45) is 0 Å². The van der Waals surface area contributed by atoms with E-state index in [2.05, 4.69) is 25.6 Å². The third-order valence-corrected chi connectivity index (χ3v) is 7.36. The highest BCUT2D eigenvalue weighted by Crippen LogP contribution is 2.39. The Hall–Kier alpha value is 0.270. The number of epoxide rings is 2. The lowest BCUT2D eigenvalue weighted by Gasteiger charge is -2.21. The Kier molecular flexibility index (Phi) is 11.6. The zero-order chi connectivity index (χ0) is 17.7. The highest BCUT2D eigenvalue weighted by atomic mass is 32.2. The molecule has 148 valence electrons. The monoisotopic (exact) mass is 370 g/mol. The maximum atomic E-state index is 5.68. The van der Waals surface area contributed by atoms with Crippen molar-refractivity contribution in [2.75, 3.05) is 13.2 Å². The maximum Gasteiger partial charge on any atom is 0.0928 e. The third kappa shape index (κ3) is 10.2. The lowest BCUT2D eigenvalue weighted by atomic mass is 10.1. The fraction of sp³-hybridized carbons (Fsp3) is 1.00. The Morgan fingerprint density at radius 3 is 1.36 bits per heavy atom. The van der Waals surface area contributed by atoms with E-state index in [0.29, 0.717) is 12.2 Å². The van der Waals surface area contributed by atoms with Crippen LogP contribution in [-0.2, 0) is 9.47 Å². The van der Waals surface area contributed by atoms with E-state index in [1.54, 1.807) is 0 Å². The first-order valence-corrected chi connectivity index (χ1v) is 12.2. The molecule has 2 heterocycles. The summed E-state index contributed by atoms with van der Waals surface area (Å²) in [6.07, 6.45) is 20.6. The molecule has 2 fully saturated rings. The number of hydrogen-bond donors (Lipinski definition) is 0. The Balaban J connectivity index is 1.59. The van der Waals surface area contributed by atoms with Crippen LogP contribution in [0.1, 0.15) is 104 Å². The molecule has 4 unspecified atom stereocenters. The van der Waals surface area contributed by atoms with Gasteiger partial charge in [-0.15, -0.1) is 11.8 Å². The number of hydrogen-bond acceptors (Lipinski definition) is 3. The topological polar surface area (TPSA) is 25.1 Å². The van der Waals surface area contributed by atoms with E-state index in [1.165, 1.54) is 89.9 Å². The second-order valence-electron chi connectivity index (χ2n) is 8.07. The minimum atomic E-state index is 0.548. The predicted octanol–water partition coefficient (Wildman–Crippen LogP) is 6.76. The van der Waals surface area contributed by atoms with Crippen molar-refractivity contribution in [2.45, 2.75) is 126 Å². The van der Waals surface area contributed by atoms with Crippen LogP contribution in [0.5, 0.6) is 0 Å². The Labute approximate surface area is 161 Å². The molecule has 0 amide bonds. The molecule has 0 aromatic carbocycles. The van der Waals surface area contributed by atoms with Gasteiger partial charge in [-0.25, -0.2) is 0 Å². The lowest BCUT2D eigenvalue weighted by molar-refractivity contribution is 0.383. The molecule has 2 saturated heterocycles. The van der Waals surface area contributed by atoms with E-state index in [0.717, 1.165) is 23.7 Å². The molecule has 2 rings (SSSR count). The van der Waals surface area contributed by atoms with Gasteiger partial charge in [0.1, 0.15) is 0 Å². The molecule has 4 atom stereocenters. The van der Waals surface area contributed by atoms with Crippen LogP contribution < -0.4 is 0 Å². The summed E-state index contributed by atoms with van der Waals surface area (Å²) in [6, 6.07) is 0. The van der Waals surface area contributed by atoms with Crippen LogP contribution in [0.3, 0.4) is 0 Å². The fourth-order valence-electron chi connectivity index (χ4n) is 3.70. The van der Waals surface area contributed by atoms with Crippen LogP contribution in [0.2, 0.25) is 0 Å². The van der Waals surface area contributed by atoms with Gasteiger partial charge in [-0.1, -0.05) is 90.9 Å². The van der Waals surface area contributed by atoms with E-state index in [1.807, 2.05) is 0 Å². The molecule has 25 heavy (non-hydrogen) atoms. The third-order valence-electron chi connectivity index (χ3n) is 5.58. The molecule has 0 aliphatic carbocycles. The van der Waals surface area contributed by atoms with Gasteiger partial charge in [0.05, 0.1) is 25.4 Å². The largest absolute Gasteiger partial charge is 0.372 e. The molecule has 0 saturated carbocycles. The van der Waals surface area contributed by atoms with E-state index < -0.39 is 0 Å². The van der Waals surface area contributed by atoms with Gasteiger partial charge < -0.3 is 9.47 Å². The van der Waals surface area contributed by atoms with Gasteiger partial charge in [0, 0.05) is 10.5 Å². The van der Waals surface area contributed by atoms with Gasteiger partial charge in [-0.05, 0) is 12.8 Å². The van der Waals surface area contributed by atoms with Gasteiger partial charge in [0.2, 0.25) is 0 Å². The summed E-state index contributed by atoms with van der Waals surface area (Å²) in [7, 11) is 0. The van der Waals surface area contributed by atoms with Gasteiger partial charge in [0.25, 0.3) is 0 Å². The second-order valence-corrected chi connectivity index (χ2v) is 9.55. The number of ether oxygens (including phenoxy) is 2. The van der Waals surface area contributed by atoms with Crippen LogP contribution in [-0.4, -0.2) is 35.9 Å². The minimum Gasteiger partial charge on any atom is -0.372 e. The quantitative estimate of drug-likeness (QED) is 0.197. The summed E-state index contributed by atoms with van der Waals surface area (Å²) in [5.41, 5.74) is 0. The van der Waals surface area contributed by atoms with Crippen molar-refractivity contribution in [3.8, 4) is 0 Å². The molecule has 0 N–H and O–H groups in total. The van der Waals surface area contributed by atoms with Crippen LogP contribution in [0.25, 0.3) is 0 Å². The van der Waals surface area contributed by atoms with E-state index in [-0.39, 0.29) is 0 Å². The second kappa shape index (κ2) is 13.4. The minimum absolute atomic E-state index is 0.548. The average Bonchev–Trinajstić information content (AvgIpc) is 3.49. The molecule has 0 spiro atoms. The van der Waals surface area contributed by atoms with Crippen LogP contribution in [0, 0.1) is 0 Å². The normalized spacial score (nSPS) is 24.2. The Morgan fingerprint density at radius 2 is 1.00 bits per heavy atom. The molecule has 0 bridgehead atoms. The van der Waals surface area contributed by atoms with Gasteiger partial charge >= 0.3 is 0 Å². The Morgan fingerprint density at radius 1 is 0.640 bits per heavy atom. The zero-order valence-corrected chi connectivity index (χ0v) is 17.7. The predicted molar refractivity (Wildman–Crippen MR) is 111 cm³/mol. The van der Waals surface area contributed by atoms with Crippen molar-refractivity contribution in [1.29, 1.82) is 0 Å². The fourth-order valence-corrected chi connectivity index (χ4v) is 5.42. The summed E-state index contributed by atoms with van der Waals surface area (Å²) >= 11 is 2.22. The number of unbranched alkanes of at least 4 members (excludes halogenated alkanes) is 10. The van der Waals surface area contributed by atoms with Crippen LogP contribution in [0.15, 0.2) is 0 Å². The van der Waals surface area contributed by atoms with Gasteiger partial charge in [-0.2, -0.15) is 0 Å². The van der Waals surface area contributed by atoms with Crippen molar-refractivity contribution in [3.05, 3.63) is 0 Å². The summed E-state index contributed by atoms with van der Waals surface area (Å²) < 4.78 is 11.4. The van der Waals surface area contributed by atoms with Crippen molar-refractivity contribution in [3.63, 3.8) is 0 Å². The molecular weight excluding hydrogens is 328 g/mol.